The number of aromatic nitrogens is 3. The van der Waals surface area contributed by atoms with Crippen LogP contribution in [0.15, 0.2) is 42.9 Å². The lowest BCUT2D eigenvalue weighted by molar-refractivity contribution is 0.0666. The van der Waals surface area contributed by atoms with Gasteiger partial charge in [-0.05, 0) is 61.4 Å². The summed E-state index contributed by atoms with van der Waals surface area (Å²) < 4.78 is 0. The molecule has 1 fully saturated rings. The predicted octanol–water partition coefficient (Wildman–Crippen LogP) is 3.36. The third-order valence-electron chi connectivity index (χ3n) is 5.00. The molecular weight excluding hydrogens is 312 g/mol. The highest BCUT2D eigenvalue weighted by atomic mass is 16.2. The fourth-order valence-electron chi connectivity index (χ4n) is 3.71. The van der Waals surface area contributed by atoms with Crippen molar-refractivity contribution < 1.29 is 4.79 Å². The van der Waals surface area contributed by atoms with Crippen LogP contribution < -0.4 is 0 Å². The summed E-state index contributed by atoms with van der Waals surface area (Å²) in [5.41, 5.74) is 3.69. The second-order valence-corrected chi connectivity index (χ2v) is 6.89. The van der Waals surface area contributed by atoms with E-state index < -0.39 is 0 Å². The number of nitrogens with zero attached hydrogens (tertiary/aromatic N) is 3. The van der Waals surface area contributed by atoms with Gasteiger partial charge in [0.05, 0.1) is 0 Å². The van der Waals surface area contributed by atoms with Crippen LogP contribution in [0.5, 0.6) is 0 Å². The summed E-state index contributed by atoms with van der Waals surface area (Å²) >= 11 is 0. The summed E-state index contributed by atoms with van der Waals surface area (Å²) in [4.78, 5) is 26.7. The van der Waals surface area contributed by atoms with E-state index in [0.717, 1.165) is 48.9 Å². The number of H-pyrrole nitrogens is 1. The smallest absolute Gasteiger partial charge is 0.272 e. The normalized spacial score (nSPS) is 17.8. The molecule has 1 atom stereocenters. The first-order chi connectivity index (χ1) is 12.2. The summed E-state index contributed by atoms with van der Waals surface area (Å²) in [6.45, 7) is 3.56. The first kappa shape index (κ1) is 15.8. The lowest BCUT2D eigenvalue weighted by Crippen LogP contribution is -2.41. The molecule has 0 saturated carbocycles. The van der Waals surface area contributed by atoms with Crippen molar-refractivity contribution in [2.75, 3.05) is 13.1 Å². The van der Waals surface area contributed by atoms with Gasteiger partial charge in [-0.2, -0.15) is 0 Å². The van der Waals surface area contributed by atoms with Crippen LogP contribution in [0.3, 0.4) is 0 Å². The lowest BCUT2D eigenvalue weighted by atomic mass is 9.91. The number of nitrogens with one attached hydrogen (secondary N) is 1. The van der Waals surface area contributed by atoms with Gasteiger partial charge in [-0.1, -0.05) is 6.07 Å². The van der Waals surface area contributed by atoms with Crippen molar-refractivity contribution in [3.05, 3.63) is 59.7 Å². The molecule has 3 aromatic rings. The van der Waals surface area contributed by atoms with Gasteiger partial charge >= 0.3 is 0 Å². The van der Waals surface area contributed by atoms with E-state index in [1.165, 1.54) is 5.56 Å². The second-order valence-electron chi connectivity index (χ2n) is 6.89. The van der Waals surface area contributed by atoms with Crippen LogP contribution in [0.2, 0.25) is 0 Å². The molecule has 0 spiro atoms. The molecule has 5 nitrogen and oxygen atoms in total. The Morgan fingerprint density at radius 1 is 1.36 bits per heavy atom. The lowest BCUT2D eigenvalue weighted by Gasteiger charge is -2.33. The van der Waals surface area contributed by atoms with Gasteiger partial charge < -0.3 is 9.88 Å². The van der Waals surface area contributed by atoms with Crippen LogP contribution in [0.1, 0.15) is 34.5 Å². The summed E-state index contributed by atoms with van der Waals surface area (Å²) in [5, 5.41) is 1.14. The van der Waals surface area contributed by atoms with Crippen LogP contribution in [0.25, 0.3) is 11.0 Å². The van der Waals surface area contributed by atoms with Crippen molar-refractivity contribution in [2.45, 2.75) is 26.2 Å². The van der Waals surface area contributed by atoms with E-state index in [0.29, 0.717) is 11.6 Å². The Labute approximate surface area is 147 Å². The number of pyridine rings is 2. The highest BCUT2D eigenvalue weighted by Crippen LogP contribution is 2.23. The number of rotatable bonds is 3. The van der Waals surface area contributed by atoms with Gasteiger partial charge in [-0.15, -0.1) is 0 Å². The summed E-state index contributed by atoms with van der Waals surface area (Å²) in [7, 11) is 0. The summed E-state index contributed by atoms with van der Waals surface area (Å²) in [6, 6.07) is 8.06. The highest BCUT2D eigenvalue weighted by molar-refractivity contribution is 5.93. The molecule has 0 aromatic carbocycles. The van der Waals surface area contributed by atoms with E-state index in [2.05, 4.69) is 21.0 Å². The molecule has 1 unspecified atom stereocenters. The molecule has 1 aliphatic rings. The minimum Gasteiger partial charge on any atom is -0.346 e. The zero-order valence-electron chi connectivity index (χ0n) is 14.4. The molecule has 5 heteroatoms. The van der Waals surface area contributed by atoms with E-state index in [-0.39, 0.29) is 5.91 Å². The van der Waals surface area contributed by atoms with Gasteiger partial charge in [-0.25, -0.2) is 4.98 Å². The zero-order chi connectivity index (χ0) is 17.2. The first-order valence-electron chi connectivity index (χ1n) is 8.83. The number of carbonyl (C=O) groups excluding carboxylic acids is 1. The van der Waals surface area contributed by atoms with Crippen molar-refractivity contribution in [1.29, 1.82) is 0 Å². The number of hydrogen-bond acceptors (Lipinski definition) is 3. The number of amides is 1. The Bertz CT molecular complexity index is 901. The zero-order valence-corrected chi connectivity index (χ0v) is 14.4. The quantitative estimate of drug-likeness (QED) is 0.799. The first-order valence-corrected chi connectivity index (χ1v) is 8.83. The van der Waals surface area contributed by atoms with Crippen molar-refractivity contribution in [3.8, 4) is 0 Å². The van der Waals surface area contributed by atoms with Crippen LogP contribution in [0.4, 0.5) is 0 Å². The Kier molecular flexibility index (Phi) is 4.22. The fraction of sp³-hybridized carbons (Fsp3) is 0.350. The SMILES string of the molecule is Cc1cccnc1C(=O)N1CCCC(Cc2cnc3[nH]ccc3c2)C1. The molecule has 3 aromatic heterocycles. The average Bonchev–Trinajstić information content (AvgIpc) is 3.09. The van der Waals surface area contributed by atoms with Crippen molar-refractivity contribution in [1.82, 2.24) is 19.9 Å². The second kappa shape index (κ2) is 6.67. The number of piperidine rings is 1. The predicted molar refractivity (Wildman–Crippen MR) is 97.4 cm³/mol. The maximum absolute atomic E-state index is 12.8. The maximum atomic E-state index is 12.8. The summed E-state index contributed by atoms with van der Waals surface area (Å²) in [6.07, 6.45) is 8.71. The van der Waals surface area contributed by atoms with E-state index in [1.807, 2.05) is 42.4 Å². The number of aromatic amines is 1. The highest BCUT2D eigenvalue weighted by Gasteiger charge is 2.26. The topological polar surface area (TPSA) is 61.9 Å². The van der Waals surface area contributed by atoms with Gasteiger partial charge in [0.1, 0.15) is 11.3 Å². The van der Waals surface area contributed by atoms with E-state index in [4.69, 9.17) is 0 Å². The van der Waals surface area contributed by atoms with E-state index in [9.17, 15) is 4.79 Å². The van der Waals surface area contributed by atoms with Gasteiger partial charge in [0.15, 0.2) is 0 Å². The number of aryl methyl sites for hydroxylation is 1. The van der Waals surface area contributed by atoms with Crippen LogP contribution >= 0.6 is 0 Å². The number of hydrogen-bond donors (Lipinski definition) is 1. The third kappa shape index (κ3) is 3.27. The third-order valence-corrected chi connectivity index (χ3v) is 5.00. The van der Waals surface area contributed by atoms with Crippen molar-refractivity contribution >= 4 is 16.9 Å². The Hall–Kier alpha value is -2.69. The molecule has 4 rings (SSSR count). The van der Waals surface area contributed by atoms with Crippen molar-refractivity contribution in [3.63, 3.8) is 0 Å². The molecule has 1 amide bonds. The monoisotopic (exact) mass is 334 g/mol. The van der Waals surface area contributed by atoms with Crippen LogP contribution in [-0.2, 0) is 6.42 Å². The van der Waals surface area contributed by atoms with Gasteiger partial charge in [0.25, 0.3) is 5.91 Å². The number of carbonyl (C=O) groups is 1. The molecule has 0 radical (unpaired) electrons. The molecule has 0 bridgehead atoms. The molecule has 1 N–H and O–H groups in total. The number of fused-ring (bicyclic) bond motifs is 1. The van der Waals surface area contributed by atoms with Crippen LogP contribution in [-0.4, -0.2) is 38.8 Å². The van der Waals surface area contributed by atoms with E-state index in [1.54, 1.807) is 6.20 Å². The average molecular weight is 334 g/mol. The minimum atomic E-state index is 0.0574. The Morgan fingerprint density at radius 2 is 2.28 bits per heavy atom. The number of likely N-dealkylation sites (tertiary alicyclic amines) is 1. The molecule has 25 heavy (non-hydrogen) atoms. The standard InChI is InChI=1S/C20H22N4O/c1-14-4-2-7-21-18(14)20(25)24-9-3-5-15(13-24)10-16-11-17-6-8-22-19(17)23-12-16/h2,4,6-8,11-12,15H,3,5,9-10,13H2,1H3,(H,22,23). The fourth-order valence-corrected chi connectivity index (χ4v) is 3.71. The van der Waals surface area contributed by atoms with Gasteiger partial charge in [0, 0.05) is 37.1 Å². The summed E-state index contributed by atoms with van der Waals surface area (Å²) in [5.74, 6) is 0.530. The minimum absolute atomic E-state index is 0.0574. The molecular formula is C20H22N4O. The molecule has 128 valence electrons. The van der Waals surface area contributed by atoms with Gasteiger partial charge in [0.2, 0.25) is 0 Å². The Morgan fingerprint density at radius 3 is 3.16 bits per heavy atom. The molecule has 1 aliphatic heterocycles. The Balaban J connectivity index is 1.47. The largest absolute Gasteiger partial charge is 0.346 e. The van der Waals surface area contributed by atoms with Crippen molar-refractivity contribution in [2.24, 2.45) is 5.92 Å². The molecule has 4 heterocycles. The van der Waals surface area contributed by atoms with E-state index >= 15 is 0 Å². The maximum Gasteiger partial charge on any atom is 0.272 e. The van der Waals surface area contributed by atoms with Crippen LogP contribution in [0, 0.1) is 12.8 Å². The molecule has 1 saturated heterocycles. The molecule has 0 aliphatic carbocycles. The van der Waals surface area contributed by atoms with Gasteiger partial charge in [-0.3, -0.25) is 9.78 Å².